The number of cyclic esters (lactones) is 2. The lowest BCUT2D eigenvalue weighted by Crippen LogP contribution is -2.41. The fourth-order valence-corrected chi connectivity index (χ4v) is 1.10. The standard InChI is InChI=1S/C11H12O5/c1-4-5-7(12)6-8-9(13)15-11(2,3)16-10(8)14/h4-6,12H,1H2,2-3H3. The number of carbonyl (C=O) groups excluding carboxylic acids is 2. The van der Waals surface area contributed by atoms with Crippen molar-refractivity contribution in [1.29, 1.82) is 0 Å². The lowest BCUT2D eigenvalue weighted by Gasteiger charge is -2.29. The van der Waals surface area contributed by atoms with Crippen LogP contribution in [0.4, 0.5) is 0 Å². The van der Waals surface area contributed by atoms with Crippen molar-refractivity contribution in [3.63, 3.8) is 0 Å². The molecular weight excluding hydrogens is 212 g/mol. The molecule has 1 rings (SSSR count). The monoisotopic (exact) mass is 224 g/mol. The quantitative estimate of drug-likeness (QED) is 0.252. The highest BCUT2D eigenvalue weighted by molar-refractivity contribution is 6.15. The van der Waals surface area contributed by atoms with Gasteiger partial charge in [0.25, 0.3) is 5.79 Å². The van der Waals surface area contributed by atoms with Crippen molar-refractivity contribution in [3.8, 4) is 0 Å². The molecule has 0 amide bonds. The van der Waals surface area contributed by atoms with E-state index in [1.54, 1.807) is 0 Å². The van der Waals surface area contributed by atoms with Crippen molar-refractivity contribution in [2.75, 3.05) is 0 Å². The maximum Gasteiger partial charge on any atom is 0.348 e. The van der Waals surface area contributed by atoms with Crippen LogP contribution in [0.2, 0.25) is 0 Å². The van der Waals surface area contributed by atoms with Crippen LogP contribution < -0.4 is 0 Å². The van der Waals surface area contributed by atoms with Crippen LogP contribution in [0.1, 0.15) is 13.8 Å². The van der Waals surface area contributed by atoms with Crippen LogP contribution in [0.3, 0.4) is 0 Å². The minimum atomic E-state index is -1.27. The van der Waals surface area contributed by atoms with Crippen molar-refractivity contribution in [3.05, 3.63) is 36.1 Å². The summed E-state index contributed by atoms with van der Waals surface area (Å²) in [5, 5.41) is 9.26. The molecule has 16 heavy (non-hydrogen) atoms. The lowest BCUT2D eigenvalue weighted by atomic mass is 10.2. The number of esters is 2. The van der Waals surface area contributed by atoms with E-state index in [1.807, 2.05) is 0 Å². The normalized spacial score (nSPS) is 19.9. The number of ether oxygens (including phenoxy) is 2. The number of carbonyl (C=O) groups is 2. The van der Waals surface area contributed by atoms with Crippen LogP contribution in [0.5, 0.6) is 0 Å². The zero-order valence-corrected chi connectivity index (χ0v) is 9.02. The predicted molar refractivity (Wildman–Crippen MR) is 55.3 cm³/mol. The first-order chi connectivity index (χ1) is 7.35. The summed E-state index contributed by atoms with van der Waals surface area (Å²) < 4.78 is 9.64. The van der Waals surface area contributed by atoms with Gasteiger partial charge in [0, 0.05) is 19.9 Å². The van der Waals surface area contributed by atoms with Gasteiger partial charge in [0.2, 0.25) is 0 Å². The third kappa shape index (κ3) is 2.73. The predicted octanol–water partition coefficient (Wildman–Crippen LogP) is 1.38. The van der Waals surface area contributed by atoms with E-state index in [0.717, 1.165) is 6.08 Å². The van der Waals surface area contributed by atoms with Crippen molar-refractivity contribution in [1.82, 2.24) is 0 Å². The highest BCUT2D eigenvalue weighted by Gasteiger charge is 2.38. The van der Waals surface area contributed by atoms with Gasteiger partial charge in [-0.15, -0.1) is 0 Å². The maximum absolute atomic E-state index is 11.4. The lowest BCUT2D eigenvalue weighted by molar-refractivity contribution is -0.222. The van der Waals surface area contributed by atoms with Gasteiger partial charge in [-0.3, -0.25) is 0 Å². The Morgan fingerprint density at radius 3 is 2.25 bits per heavy atom. The van der Waals surface area contributed by atoms with Gasteiger partial charge in [0.1, 0.15) is 11.3 Å². The SMILES string of the molecule is C=CC=C(O)C=C1C(=O)OC(C)(C)OC1=O. The van der Waals surface area contributed by atoms with Crippen LogP contribution in [-0.4, -0.2) is 22.8 Å². The highest BCUT2D eigenvalue weighted by Crippen LogP contribution is 2.23. The topological polar surface area (TPSA) is 72.8 Å². The number of rotatable bonds is 2. The van der Waals surface area contributed by atoms with E-state index < -0.39 is 17.7 Å². The summed E-state index contributed by atoms with van der Waals surface area (Å²) in [5.74, 6) is -3.21. The number of hydrogen-bond acceptors (Lipinski definition) is 5. The first-order valence-corrected chi connectivity index (χ1v) is 4.56. The summed E-state index contributed by atoms with van der Waals surface area (Å²) in [6.45, 7) is 6.24. The van der Waals surface area contributed by atoms with Gasteiger partial charge in [-0.25, -0.2) is 9.59 Å². The molecule has 1 saturated heterocycles. The zero-order chi connectivity index (χ0) is 12.3. The smallest absolute Gasteiger partial charge is 0.348 e. The second kappa shape index (κ2) is 4.22. The molecule has 0 bridgehead atoms. The fourth-order valence-electron chi connectivity index (χ4n) is 1.10. The molecule has 5 nitrogen and oxygen atoms in total. The Hall–Kier alpha value is -2.04. The van der Waals surface area contributed by atoms with Crippen molar-refractivity contribution >= 4 is 11.9 Å². The van der Waals surface area contributed by atoms with Crippen LogP contribution >= 0.6 is 0 Å². The molecule has 0 spiro atoms. The Morgan fingerprint density at radius 2 is 1.81 bits per heavy atom. The molecule has 1 aliphatic rings. The minimum Gasteiger partial charge on any atom is -0.508 e. The molecule has 0 saturated carbocycles. The van der Waals surface area contributed by atoms with E-state index in [0.29, 0.717) is 0 Å². The molecule has 0 radical (unpaired) electrons. The van der Waals surface area contributed by atoms with Gasteiger partial charge < -0.3 is 14.6 Å². The molecule has 0 aromatic rings. The molecule has 1 heterocycles. The third-order valence-corrected chi connectivity index (χ3v) is 1.70. The third-order valence-electron chi connectivity index (χ3n) is 1.70. The second-order valence-electron chi connectivity index (χ2n) is 3.56. The summed E-state index contributed by atoms with van der Waals surface area (Å²) in [6, 6.07) is 0. The van der Waals surface area contributed by atoms with Gasteiger partial charge in [-0.05, 0) is 6.08 Å². The number of allylic oxidation sites excluding steroid dienone is 3. The van der Waals surface area contributed by atoms with Gasteiger partial charge in [-0.1, -0.05) is 12.7 Å². The first kappa shape index (κ1) is 12.0. The summed E-state index contributed by atoms with van der Waals surface area (Å²) in [7, 11) is 0. The van der Waals surface area contributed by atoms with Gasteiger partial charge in [0.05, 0.1) is 0 Å². The molecule has 1 fully saturated rings. The van der Waals surface area contributed by atoms with Crippen molar-refractivity contribution in [2.24, 2.45) is 0 Å². The van der Waals surface area contributed by atoms with E-state index in [2.05, 4.69) is 6.58 Å². The Balaban J connectivity index is 2.99. The molecule has 0 aromatic carbocycles. The van der Waals surface area contributed by atoms with Crippen LogP contribution in [-0.2, 0) is 19.1 Å². The fraction of sp³-hybridized carbons (Fsp3) is 0.273. The van der Waals surface area contributed by atoms with E-state index in [4.69, 9.17) is 9.47 Å². The second-order valence-corrected chi connectivity index (χ2v) is 3.56. The molecule has 1 N–H and O–H groups in total. The summed E-state index contributed by atoms with van der Waals surface area (Å²) in [4.78, 5) is 22.8. The molecule has 0 aromatic heterocycles. The Labute approximate surface area is 92.7 Å². The van der Waals surface area contributed by atoms with Crippen LogP contribution in [0.15, 0.2) is 36.1 Å². The molecule has 0 atom stereocenters. The first-order valence-electron chi connectivity index (χ1n) is 4.56. The summed E-state index contributed by atoms with van der Waals surface area (Å²) in [6.07, 6.45) is 3.52. The number of hydrogen-bond donors (Lipinski definition) is 1. The molecule has 86 valence electrons. The Kier molecular flexibility index (Phi) is 3.17. The highest BCUT2D eigenvalue weighted by atomic mass is 16.7. The Bertz CT molecular complexity index is 379. The Morgan fingerprint density at radius 1 is 1.31 bits per heavy atom. The van der Waals surface area contributed by atoms with E-state index in [9.17, 15) is 14.7 Å². The average molecular weight is 224 g/mol. The van der Waals surface area contributed by atoms with Gasteiger partial charge >= 0.3 is 11.9 Å². The summed E-state index contributed by atoms with van der Waals surface area (Å²) in [5.41, 5.74) is -0.352. The number of aliphatic hydroxyl groups is 1. The van der Waals surface area contributed by atoms with E-state index >= 15 is 0 Å². The molecule has 5 heteroatoms. The van der Waals surface area contributed by atoms with Gasteiger partial charge in [0.15, 0.2) is 0 Å². The largest absolute Gasteiger partial charge is 0.508 e. The maximum atomic E-state index is 11.4. The molecule has 0 aliphatic carbocycles. The van der Waals surface area contributed by atoms with Crippen molar-refractivity contribution < 1.29 is 24.2 Å². The average Bonchev–Trinajstić information content (AvgIpc) is 2.10. The zero-order valence-electron chi connectivity index (χ0n) is 9.02. The molecular formula is C11H12O5. The van der Waals surface area contributed by atoms with Gasteiger partial charge in [-0.2, -0.15) is 0 Å². The molecule has 1 aliphatic heterocycles. The number of aliphatic hydroxyl groups excluding tert-OH is 1. The van der Waals surface area contributed by atoms with Crippen molar-refractivity contribution in [2.45, 2.75) is 19.6 Å². The van der Waals surface area contributed by atoms with Crippen LogP contribution in [0.25, 0.3) is 0 Å². The van der Waals surface area contributed by atoms with E-state index in [1.165, 1.54) is 26.0 Å². The van der Waals surface area contributed by atoms with E-state index in [-0.39, 0.29) is 11.3 Å². The molecule has 0 unspecified atom stereocenters. The summed E-state index contributed by atoms with van der Waals surface area (Å²) >= 11 is 0. The minimum absolute atomic E-state index is 0.279. The van der Waals surface area contributed by atoms with Crippen LogP contribution in [0, 0.1) is 0 Å².